The van der Waals surface area contributed by atoms with Crippen molar-refractivity contribution in [1.29, 1.82) is 0 Å². The minimum Gasteiger partial charge on any atom is -0.385 e. The average molecular weight is 246 g/mol. The van der Waals surface area contributed by atoms with Crippen molar-refractivity contribution in [2.75, 3.05) is 0 Å². The Balaban J connectivity index is 2.28. The van der Waals surface area contributed by atoms with Crippen molar-refractivity contribution in [1.82, 2.24) is 0 Å². The van der Waals surface area contributed by atoms with Gasteiger partial charge in [0, 0.05) is 0 Å². The fraction of sp³-hybridized carbons (Fsp3) is 0.647. The highest BCUT2D eigenvalue weighted by molar-refractivity contribution is 5.40. The van der Waals surface area contributed by atoms with Crippen molar-refractivity contribution >= 4 is 0 Å². The Bertz CT molecular complexity index is 425. The van der Waals surface area contributed by atoms with E-state index in [0.29, 0.717) is 0 Å². The molecule has 0 radical (unpaired) electrons. The van der Waals surface area contributed by atoms with Gasteiger partial charge in [0.05, 0.1) is 5.60 Å². The van der Waals surface area contributed by atoms with Crippen molar-refractivity contribution in [2.45, 2.75) is 65.4 Å². The van der Waals surface area contributed by atoms with E-state index in [4.69, 9.17) is 0 Å². The Kier molecular flexibility index (Phi) is 3.82. The first-order chi connectivity index (χ1) is 8.46. The lowest BCUT2D eigenvalue weighted by molar-refractivity contribution is -0.0151. The van der Waals surface area contributed by atoms with Gasteiger partial charge in [-0.2, -0.15) is 0 Å². The van der Waals surface area contributed by atoms with E-state index in [1.165, 1.54) is 41.5 Å². The van der Waals surface area contributed by atoms with Gasteiger partial charge in [-0.05, 0) is 74.6 Å². The lowest BCUT2D eigenvalue weighted by Crippen LogP contribution is -2.32. The van der Waals surface area contributed by atoms with E-state index in [1.54, 1.807) is 0 Å². The highest BCUT2D eigenvalue weighted by Gasteiger charge is 2.35. The number of rotatable bonds is 2. The van der Waals surface area contributed by atoms with Gasteiger partial charge in [-0.1, -0.05) is 25.5 Å². The van der Waals surface area contributed by atoms with Gasteiger partial charge in [-0.25, -0.2) is 0 Å². The second kappa shape index (κ2) is 5.05. The molecule has 1 aromatic rings. The molecule has 0 atom stereocenters. The van der Waals surface area contributed by atoms with Gasteiger partial charge in [0.2, 0.25) is 0 Å². The standard InChI is InChI=1S/C17H26O/c1-5-15-6-8-17(18,9-7-15)16-11-13(3)12(2)10-14(16)4/h10-11,15,18H,5-9H2,1-4H3. The molecule has 0 amide bonds. The predicted molar refractivity (Wildman–Crippen MR) is 76.8 cm³/mol. The molecule has 1 heteroatoms. The van der Waals surface area contributed by atoms with Crippen LogP contribution in [0.25, 0.3) is 0 Å². The normalized spacial score (nSPS) is 28.4. The second-order valence-corrected chi connectivity index (χ2v) is 6.13. The molecular formula is C17H26O. The van der Waals surface area contributed by atoms with Crippen molar-refractivity contribution in [3.05, 3.63) is 34.4 Å². The number of benzene rings is 1. The molecule has 0 spiro atoms. The average Bonchev–Trinajstić information content (AvgIpc) is 2.34. The third-order valence-electron chi connectivity index (χ3n) is 4.85. The molecule has 1 aromatic carbocycles. The molecule has 0 aliphatic heterocycles. The lowest BCUT2D eigenvalue weighted by atomic mass is 9.73. The molecule has 1 N–H and O–H groups in total. The van der Waals surface area contributed by atoms with Crippen molar-refractivity contribution in [3.63, 3.8) is 0 Å². The van der Waals surface area contributed by atoms with Gasteiger partial charge in [-0.15, -0.1) is 0 Å². The molecule has 2 rings (SSSR count). The maximum atomic E-state index is 11.0. The fourth-order valence-corrected chi connectivity index (χ4v) is 3.29. The Hall–Kier alpha value is -0.820. The van der Waals surface area contributed by atoms with Crippen LogP contribution in [0.15, 0.2) is 12.1 Å². The van der Waals surface area contributed by atoms with Crippen LogP contribution in [-0.2, 0) is 5.60 Å². The summed E-state index contributed by atoms with van der Waals surface area (Å²) in [6.07, 6.45) is 5.43. The Morgan fingerprint density at radius 1 is 1.06 bits per heavy atom. The number of hydrogen-bond donors (Lipinski definition) is 1. The zero-order chi connectivity index (χ0) is 13.3. The molecule has 1 aliphatic rings. The molecule has 1 nitrogen and oxygen atoms in total. The summed E-state index contributed by atoms with van der Waals surface area (Å²) in [5.41, 5.74) is 4.45. The molecule has 0 heterocycles. The van der Waals surface area contributed by atoms with E-state index in [0.717, 1.165) is 18.8 Å². The molecule has 1 fully saturated rings. The van der Waals surface area contributed by atoms with Crippen LogP contribution in [0.1, 0.15) is 61.3 Å². The quantitative estimate of drug-likeness (QED) is 0.820. The Morgan fingerprint density at radius 3 is 2.17 bits per heavy atom. The Morgan fingerprint density at radius 2 is 1.61 bits per heavy atom. The smallest absolute Gasteiger partial charge is 0.0899 e. The number of aryl methyl sites for hydroxylation is 3. The molecule has 0 aromatic heterocycles. The summed E-state index contributed by atoms with van der Waals surface area (Å²) < 4.78 is 0. The minimum atomic E-state index is -0.575. The predicted octanol–water partition coefficient (Wildman–Crippen LogP) is 4.40. The third kappa shape index (κ3) is 2.47. The van der Waals surface area contributed by atoms with Crippen LogP contribution in [0.4, 0.5) is 0 Å². The van der Waals surface area contributed by atoms with Crippen LogP contribution >= 0.6 is 0 Å². The zero-order valence-corrected chi connectivity index (χ0v) is 12.2. The molecule has 100 valence electrons. The summed E-state index contributed by atoms with van der Waals surface area (Å²) in [6, 6.07) is 4.42. The maximum absolute atomic E-state index is 11.0. The summed E-state index contributed by atoms with van der Waals surface area (Å²) >= 11 is 0. The van der Waals surface area contributed by atoms with Gasteiger partial charge >= 0.3 is 0 Å². The molecule has 1 aliphatic carbocycles. The van der Waals surface area contributed by atoms with Crippen LogP contribution in [0.2, 0.25) is 0 Å². The first-order valence-electron chi connectivity index (χ1n) is 7.27. The summed E-state index contributed by atoms with van der Waals surface area (Å²) in [5.74, 6) is 0.817. The SMILES string of the molecule is CCC1CCC(O)(c2cc(C)c(C)cc2C)CC1. The monoisotopic (exact) mass is 246 g/mol. The van der Waals surface area contributed by atoms with Crippen LogP contribution in [0.5, 0.6) is 0 Å². The van der Waals surface area contributed by atoms with Crippen LogP contribution < -0.4 is 0 Å². The van der Waals surface area contributed by atoms with Crippen LogP contribution in [-0.4, -0.2) is 5.11 Å². The van der Waals surface area contributed by atoms with Gasteiger partial charge in [0.15, 0.2) is 0 Å². The summed E-state index contributed by atoms with van der Waals surface area (Å²) in [5, 5.41) is 11.0. The summed E-state index contributed by atoms with van der Waals surface area (Å²) in [7, 11) is 0. The first kappa shape index (κ1) is 13.6. The van der Waals surface area contributed by atoms with Gasteiger partial charge in [-0.3, -0.25) is 0 Å². The highest BCUT2D eigenvalue weighted by Crippen LogP contribution is 2.42. The summed E-state index contributed by atoms with van der Waals surface area (Å²) in [4.78, 5) is 0. The molecule has 0 saturated heterocycles. The minimum absolute atomic E-state index is 0.575. The molecule has 0 bridgehead atoms. The van der Waals surface area contributed by atoms with Crippen LogP contribution in [0, 0.1) is 26.7 Å². The second-order valence-electron chi connectivity index (χ2n) is 6.13. The van der Waals surface area contributed by atoms with Crippen molar-refractivity contribution in [3.8, 4) is 0 Å². The van der Waals surface area contributed by atoms with E-state index in [2.05, 4.69) is 39.8 Å². The van der Waals surface area contributed by atoms with E-state index >= 15 is 0 Å². The lowest BCUT2D eigenvalue weighted by Gasteiger charge is -2.37. The van der Waals surface area contributed by atoms with E-state index in [9.17, 15) is 5.11 Å². The van der Waals surface area contributed by atoms with Gasteiger partial charge < -0.3 is 5.11 Å². The Labute approximate surface area is 111 Å². The number of hydrogen-bond acceptors (Lipinski definition) is 1. The van der Waals surface area contributed by atoms with Crippen molar-refractivity contribution in [2.24, 2.45) is 5.92 Å². The molecule has 0 unspecified atom stereocenters. The van der Waals surface area contributed by atoms with Crippen LogP contribution in [0.3, 0.4) is 0 Å². The van der Waals surface area contributed by atoms with Crippen molar-refractivity contribution < 1.29 is 5.11 Å². The largest absolute Gasteiger partial charge is 0.385 e. The van der Waals surface area contributed by atoms with E-state index < -0.39 is 5.60 Å². The molecular weight excluding hydrogens is 220 g/mol. The maximum Gasteiger partial charge on any atom is 0.0899 e. The molecule has 1 saturated carbocycles. The first-order valence-corrected chi connectivity index (χ1v) is 7.27. The van der Waals surface area contributed by atoms with Gasteiger partial charge in [0.25, 0.3) is 0 Å². The van der Waals surface area contributed by atoms with Gasteiger partial charge in [0.1, 0.15) is 0 Å². The zero-order valence-electron chi connectivity index (χ0n) is 12.2. The topological polar surface area (TPSA) is 20.2 Å². The fourth-order valence-electron chi connectivity index (χ4n) is 3.29. The van der Waals surface area contributed by atoms with E-state index in [-0.39, 0.29) is 0 Å². The third-order valence-corrected chi connectivity index (χ3v) is 4.85. The van der Waals surface area contributed by atoms with E-state index in [1.807, 2.05) is 0 Å². The highest BCUT2D eigenvalue weighted by atomic mass is 16.3. The number of aliphatic hydroxyl groups is 1. The molecule has 18 heavy (non-hydrogen) atoms. The summed E-state index contributed by atoms with van der Waals surface area (Å²) in [6.45, 7) is 8.67.